The van der Waals surface area contributed by atoms with Gasteiger partial charge in [0.15, 0.2) is 0 Å². The average molecular weight is 492 g/mol. The van der Waals surface area contributed by atoms with Crippen molar-refractivity contribution in [1.82, 2.24) is 15.2 Å². The number of rotatable bonds is 6. The Kier molecular flexibility index (Phi) is 6.44. The molecule has 1 aromatic heterocycles. The van der Waals surface area contributed by atoms with Crippen LogP contribution in [-0.4, -0.2) is 64.0 Å². The number of anilines is 2. The summed E-state index contributed by atoms with van der Waals surface area (Å²) in [6.07, 6.45) is 2.44. The average Bonchev–Trinajstić information content (AvgIpc) is 3.33. The predicted molar refractivity (Wildman–Crippen MR) is 136 cm³/mol. The SMILES string of the molecule is CN1CCN(c2ncccc2CNC(=O)c2cccc(S(=O)(=O)N3CCc4ccccc43)c2)CC1. The Bertz CT molecular complexity index is 1340. The van der Waals surface area contributed by atoms with E-state index in [1.807, 2.05) is 36.4 Å². The summed E-state index contributed by atoms with van der Waals surface area (Å²) in [6, 6.07) is 17.6. The van der Waals surface area contributed by atoms with Crippen LogP contribution in [0, 0.1) is 0 Å². The zero-order chi connectivity index (χ0) is 24.4. The van der Waals surface area contributed by atoms with Crippen molar-refractivity contribution in [1.29, 1.82) is 0 Å². The predicted octanol–water partition coefficient (Wildman–Crippen LogP) is 2.51. The minimum atomic E-state index is -3.77. The van der Waals surface area contributed by atoms with Crippen molar-refractivity contribution in [3.05, 3.63) is 83.6 Å². The summed E-state index contributed by atoms with van der Waals surface area (Å²) in [5, 5.41) is 2.94. The second-order valence-corrected chi connectivity index (χ2v) is 10.8. The lowest BCUT2D eigenvalue weighted by molar-refractivity contribution is 0.0950. The van der Waals surface area contributed by atoms with Crippen LogP contribution in [0.4, 0.5) is 11.5 Å². The van der Waals surface area contributed by atoms with E-state index in [1.54, 1.807) is 24.4 Å². The van der Waals surface area contributed by atoms with Gasteiger partial charge in [-0.2, -0.15) is 0 Å². The van der Waals surface area contributed by atoms with Gasteiger partial charge in [0, 0.05) is 56.6 Å². The van der Waals surface area contributed by atoms with Gasteiger partial charge in [-0.25, -0.2) is 13.4 Å². The van der Waals surface area contributed by atoms with Crippen molar-refractivity contribution < 1.29 is 13.2 Å². The normalized spacial score (nSPS) is 16.3. The number of nitrogens with zero attached hydrogens (tertiary/aromatic N) is 4. The number of para-hydroxylation sites is 1. The highest BCUT2D eigenvalue weighted by Crippen LogP contribution is 2.32. The van der Waals surface area contributed by atoms with Crippen LogP contribution in [-0.2, 0) is 23.0 Å². The Balaban J connectivity index is 1.31. The Morgan fingerprint density at radius 2 is 1.77 bits per heavy atom. The summed E-state index contributed by atoms with van der Waals surface area (Å²) in [5.41, 5.74) is 2.96. The number of hydrogen-bond acceptors (Lipinski definition) is 6. The van der Waals surface area contributed by atoms with E-state index < -0.39 is 10.0 Å². The highest BCUT2D eigenvalue weighted by atomic mass is 32.2. The molecule has 0 aliphatic carbocycles. The van der Waals surface area contributed by atoms with Crippen LogP contribution in [0.1, 0.15) is 21.5 Å². The van der Waals surface area contributed by atoms with Crippen LogP contribution in [0.3, 0.4) is 0 Å². The highest BCUT2D eigenvalue weighted by Gasteiger charge is 2.31. The summed E-state index contributed by atoms with van der Waals surface area (Å²) >= 11 is 0. The molecule has 0 saturated carbocycles. The molecular formula is C26H29N5O3S. The van der Waals surface area contributed by atoms with Gasteiger partial charge >= 0.3 is 0 Å². The second-order valence-electron chi connectivity index (χ2n) is 8.94. The second kappa shape index (κ2) is 9.67. The zero-order valence-corrected chi connectivity index (χ0v) is 20.5. The van der Waals surface area contributed by atoms with E-state index in [0.717, 1.165) is 43.1 Å². The number of pyridine rings is 1. The minimum Gasteiger partial charge on any atom is -0.354 e. The summed E-state index contributed by atoms with van der Waals surface area (Å²) in [6.45, 7) is 4.40. The molecule has 2 aromatic carbocycles. The first kappa shape index (κ1) is 23.3. The first-order chi connectivity index (χ1) is 16.9. The molecule has 2 aliphatic rings. The monoisotopic (exact) mass is 491 g/mol. The molecule has 3 aromatic rings. The van der Waals surface area contributed by atoms with Crippen molar-refractivity contribution >= 4 is 27.4 Å². The van der Waals surface area contributed by atoms with Crippen molar-refractivity contribution in [3.63, 3.8) is 0 Å². The molecule has 0 spiro atoms. The van der Waals surface area contributed by atoms with Gasteiger partial charge in [0.1, 0.15) is 5.82 Å². The number of amides is 1. The van der Waals surface area contributed by atoms with Crippen molar-refractivity contribution in [2.75, 3.05) is 49.0 Å². The number of benzene rings is 2. The number of sulfonamides is 1. The first-order valence-corrected chi connectivity index (χ1v) is 13.2. The van der Waals surface area contributed by atoms with E-state index in [1.165, 1.54) is 10.4 Å². The molecule has 8 nitrogen and oxygen atoms in total. The van der Waals surface area contributed by atoms with E-state index >= 15 is 0 Å². The third-order valence-electron chi connectivity index (χ3n) is 6.64. The zero-order valence-electron chi connectivity index (χ0n) is 19.7. The fourth-order valence-corrected chi connectivity index (χ4v) is 6.18. The quantitative estimate of drug-likeness (QED) is 0.570. The first-order valence-electron chi connectivity index (χ1n) is 11.8. The molecule has 1 N–H and O–H groups in total. The number of carbonyl (C=O) groups is 1. The van der Waals surface area contributed by atoms with E-state index in [4.69, 9.17) is 0 Å². The topological polar surface area (TPSA) is 85.8 Å². The Labute approximate surface area is 206 Å². The highest BCUT2D eigenvalue weighted by molar-refractivity contribution is 7.92. The van der Waals surface area contributed by atoms with Crippen LogP contribution in [0.2, 0.25) is 0 Å². The maximum Gasteiger partial charge on any atom is 0.264 e. The van der Waals surface area contributed by atoms with Gasteiger partial charge < -0.3 is 15.1 Å². The van der Waals surface area contributed by atoms with Crippen molar-refractivity contribution in [2.24, 2.45) is 0 Å². The standard InChI is InChI=1S/C26H29N5O3S/c1-29-14-16-30(17-15-29)25-22(8-5-12-27-25)19-28-26(32)21-7-4-9-23(18-21)35(33,34)31-13-11-20-6-2-3-10-24(20)31/h2-10,12,18H,11,13-17,19H2,1H3,(H,28,32). The van der Waals surface area contributed by atoms with Crippen LogP contribution in [0.15, 0.2) is 71.8 Å². The minimum absolute atomic E-state index is 0.112. The number of nitrogens with one attached hydrogen (secondary N) is 1. The Hall–Kier alpha value is -3.43. The van der Waals surface area contributed by atoms with Crippen molar-refractivity contribution in [3.8, 4) is 0 Å². The number of carbonyl (C=O) groups excluding carboxylic acids is 1. The summed E-state index contributed by atoms with van der Waals surface area (Å²) in [7, 11) is -1.66. The Morgan fingerprint density at radius 1 is 0.971 bits per heavy atom. The molecule has 1 fully saturated rings. The third-order valence-corrected chi connectivity index (χ3v) is 8.45. The Morgan fingerprint density at radius 3 is 2.60 bits per heavy atom. The molecule has 1 saturated heterocycles. The maximum absolute atomic E-state index is 13.4. The van der Waals surface area contributed by atoms with Crippen LogP contribution in [0.25, 0.3) is 0 Å². The van der Waals surface area contributed by atoms with E-state index in [-0.39, 0.29) is 10.8 Å². The number of fused-ring (bicyclic) bond motifs is 1. The number of aromatic nitrogens is 1. The van der Waals surface area contributed by atoms with Crippen molar-refractivity contribution in [2.45, 2.75) is 17.9 Å². The fraction of sp³-hybridized carbons (Fsp3) is 0.308. The van der Waals surface area contributed by atoms with Gasteiger partial charge in [-0.1, -0.05) is 30.3 Å². The van der Waals surface area contributed by atoms with E-state index in [2.05, 4.69) is 27.1 Å². The molecule has 9 heteroatoms. The van der Waals surface area contributed by atoms with Gasteiger partial charge in [-0.05, 0) is 49.4 Å². The van der Waals surface area contributed by atoms with E-state index in [0.29, 0.717) is 30.8 Å². The molecule has 5 rings (SSSR count). The molecule has 0 radical (unpaired) electrons. The number of likely N-dealkylation sites (N-methyl/N-ethyl adjacent to an activating group) is 1. The van der Waals surface area contributed by atoms with Gasteiger partial charge in [-0.3, -0.25) is 9.10 Å². The maximum atomic E-state index is 13.4. The van der Waals surface area contributed by atoms with Gasteiger partial charge in [-0.15, -0.1) is 0 Å². The molecule has 0 atom stereocenters. The lowest BCUT2D eigenvalue weighted by Crippen LogP contribution is -2.45. The lowest BCUT2D eigenvalue weighted by Gasteiger charge is -2.34. The van der Waals surface area contributed by atoms with Crippen LogP contribution < -0.4 is 14.5 Å². The fourth-order valence-electron chi connectivity index (χ4n) is 4.63. The van der Waals surface area contributed by atoms with Crippen LogP contribution in [0.5, 0.6) is 0 Å². The number of hydrogen-bond donors (Lipinski definition) is 1. The van der Waals surface area contributed by atoms with Gasteiger partial charge in [0.2, 0.25) is 0 Å². The third kappa shape index (κ3) is 4.74. The summed E-state index contributed by atoms with van der Waals surface area (Å²) in [5.74, 6) is 0.557. The molecule has 182 valence electrons. The molecule has 0 unspecified atom stereocenters. The molecule has 2 aliphatic heterocycles. The van der Waals surface area contributed by atoms with Crippen LogP contribution >= 0.6 is 0 Å². The smallest absolute Gasteiger partial charge is 0.264 e. The summed E-state index contributed by atoms with van der Waals surface area (Å²) < 4.78 is 28.2. The van der Waals surface area contributed by atoms with E-state index in [9.17, 15) is 13.2 Å². The largest absolute Gasteiger partial charge is 0.354 e. The molecule has 1 amide bonds. The molecule has 0 bridgehead atoms. The molecule has 35 heavy (non-hydrogen) atoms. The summed E-state index contributed by atoms with van der Waals surface area (Å²) in [4.78, 5) is 22.2. The number of piperazine rings is 1. The molecule has 3 heterocycles. The van der Waals surface area contributed by atoms with Gasteiger partial charge in [0.25, 0.3) is 15.9 Å². The molecular weight excluding hydrogens is 462 g/mol. The van der Waals surface area contributed by atoms with Gasteiger partial charge in [0.05, 0.1) is 10.6 Å². The lowest BCUT2D eigenvalue weighted by atomic mass is 10.2.